The zero-order valence-electron chi connectivity index (χ0n) is 7.44. The molecule has 2 fully saturated rings. The predicted octanol–water partition coefficient (Wildman–Crippen LogP) is 1.31. The maximum absolute atomic E-state index is 6.03. The molecule has 0 aromatic heterocycles. The normalized spacial score (nSPS) is 39.8. The van der Waals surface area contributed by atoms with E-state index in [1.165, 1.54) is 25.7 Å². The van der Waals surface area contributed by atoms with E-state index in [9.17, 15) is 0 Å². The Kier molecular flexibility index (Phi) is 1.52. The van der Waals surface area contributed by atoms with Crippen molar-refractivity contribution >= 4 is 0 Å². The summed E-state index contributed by atoms with van der Waals surface area (Å²) < 4.78 is 6.03. The van der Waals surface area contributed by atoms with Crippen LogP contribution in [0.1, 0.15) is 32.6 Å². The van der Waals surface area contributed by atoms with Gasteiger partial charge in [0, 0.05) is 6.54 Å². The SMILES string of the molecule is CNCC1(C)CCC2(CC2)O1. The molecule has 1 aliphatic carbocycles. The van der Waals surface area contributed by atoms with Crippen LogP contribution in [0.3, 0.4) is 0 Å². The third-order valence-corrected chi connectivity index (χ3v) is 2.93. The summed E-state index contributed by atoms with van der Waals surface area (Å²) in [6, 6.07) is 0. The predicted molar refractivity (Wildman–Crippen MR) is 44.6 cm³/mol. The van der Waals surface area contributed by atoms with Gasteiger partial charge in [-0.05, 0) is 39.7 Å². The molecule has 0 amide bonds. The summed E-state index contributed by atoms with van der Waals surface area (Å²) in [4.78, 5) is 0. The number of rotatable bonds is 2. The number of hydrogen-bond acceptors (Lipinski definition) is 2. The molecule has 1 N–H and O–H groups in total. The Morgan fingerprint density at radius 3 is 2.36 bits per heavy atom. The molecule has 1 saturated carbocycles. The van der Waals surface area contributed by atoms with E-state index in [0.29, 0.717) is 5.60 Å². The van der Waals surface area contributed by atoms with Crippen molar-refractivity contribution < 1.29 is 4.74 Å². The Hall–Kier alpha value is -0.0800. The van der Waals surface area contributed by atoms with Gasteiger partial charge in [0.15, 0.2) is 0 Å². The van der Waals surface area contributed by atoms with Crippen LogP contribution >= 0.6 is 0 Å². The minimum atomic E-state index is 0.130. The summed E-state index contributed by atoms with van der Waals surface area (Å²) in [5.74, 6) is 0. The largest absolute Gasteiger partial charge is 0.368 e. The number of likely N-dealkylation sites (N-methyl/N-ethyl adjacent to an activating group) is 1. The van der Waals surface area contributed by atoms with Gasteiger partial charge in [0.1, 0.15) is 0 Å². The zero-order valence-corrected chi connectivity index (χ0v) is 7.44. The summed E-state index contributed by atoms with van der Waals surface area (Å²) >= 11 is 0. The van der Waals surface area contributed by atoms with E-state index < -0.39 is 0 Å². The average Bonchev–Trinajstić information content (AvgIpc) is 2.58. The summed E-state index contributed by atoms with van der Waals surface area (Å²) in [6.07, 6.45) is 5.11. The van der Waals surface area contributed by atoms with Crippen LogP contribution in [0, 0.1) is 0 Å². The molecule has 1 spiro atoms. The maximum atomic E-state index is 6.03. The Morgan fingerprint density at radius 1 is 1.27 bits per heavy atom. The van der Waals surface area contributed by atoms with Gasteiger partial charge in [-0.3, -0.25) is 0 Å². The van der Waals surface area contributed by atoms with Gasteiger partial charge in [-0.1, -0.05) is 0 Å². The third-order valence-electron chi connectivity index (χ3n) is 2.93. The van der Waals surface area contributed by atoms with Crippen molar-refractivity contribution in [2.45, 2.75) is 43.8 Å². The van der Waals surface area contributed by atoms with Gasteiger partial charge in [0.2, 0.25) is 0 Å². The van der Waals surface area contributed by atoms with E-state index in [1.54, 1.807) is 0 Å². The molecular weight excluding hydrogens is 138 g/mol. The van der Waals surface area contributed by atoms with Crippen molar-refractivity contribution in [3.63, 3.8) is 0 Å². The molecule has 1 unspecified atom stereocenters. The van der Waals surface area contributed by atoms with Gasteiger partial charge in [-0.2, -0.15) is 0 Å². The van der Waals surface area contributed by atoms with E-state index in [1.807, 2.05) is 7.05 Å². The lowest BCUT2D eigenvalue weighted by molar-refractivity contribution is -0.0396. The topological polar surface area (TPSA) is 21.3 Å². The highest BCUT2D eigenvalue weighted by Crippen LogP contribution is 2.52. The minimum Gasteiger partial charge on any atom is -0.368 e. The van der Waals surface area contributed by atoms with Crippen LogP contribution in [0.4, 0.5) is 0 Å². The van der Waals surface area contributed by atoms with Crippen LogP contribution in [-0.2, 0) is 4.74 Å². The van der Waals surface area contributed by atoms with Crippen LogP contribution < -0.4 is 5.32 Å². The molecular formula is C9H17NO. The number of ether oxygens (including phenoxy) is 1. The molecule has 1 atom stereocenters. The molecule has 0 aromatic carbocycles. The van der Waals surface area contributed by atoms with E-state index >= 15 is 0 Å². The Bertz CT molecular complexity index is 165. The lowest BCUT2D eigenvalue weighted by Crippen LogP contribution is -2.36. The van der Waals surface area contributed by atoms with Gasteiger partial charge in [0.25, 0.3) is 0 Å². The summed E-state index contributed by atoms with van der Waals surface area (Å²) in [5.41, 5.74) is 0.469. The van der Waals surface area contributed by atoms with Gasteiger partial charge in [0.05, 0.1) is 11.2 Å². The smallest absolute Gasteiger partial charge is 0.0786 e. The summed E-state index contributed by atoms with van der Waals surface area (Å²) in [5, 5.41) is 3.19. The van der Waals surface area contributed by atoms with Crippen LogP contribution in [-0.4, -0.2) is 24.8 Å². The highest BCUT2D eigenvalue weighted by Gasteiger charge is 2.53. The second kappa shape index (κ2) is 2.20. The average molecular weight is 155 g/mol. The van der Waals surface area contributed by atoms with E-state index in [2.05, 4.69) is 12.2 Å². The first kappa shape index (κ1) is 7.56. The molecule has 0 radical (unpaired) electrons. The lowest BCUT2D eigenvalue weighted by Gasteiger charge is -2.24. The molecule has 1 aliphatic heterocycles. The highest BCUT2D eigenvalue weighted by molar-refractivity contribution is 5.05. The lowest BCUT2D eigenvalue weighted by atomic mass is 10.0. The van der Waals surface area contributed by atoms with Crippen molar-refractivity contribution in [3.8, 4) is 0 Å². The van der Waals surface area contributed by atoms with Crippen molar-refractivity contribution in [2.24, 2.45) is 0 Å². The van der Waals surface area contributed by atoms with E-state index in [-0.39, 0.29) is 5.60 Å². The van der Waals surface area contributed by atoms with Crippen molar-refractivity contribution in [3.05, 3.63) is 0 Å². The zero-order chi connectivity index (χ0) is 7.95. The number of hydrogen-bond donors (Lipinski definition) is 1. The fraction of sp³-hybridized carbons (Fsp3) is 1.00. The molecule has 64 valence electrons. The first-order valence-corrected chi connectivity index (χ1v) is 4.53. The molecule has 2 heteroatoms. The van der Waals surface area contributed by atoms with Crippen LogP contribution in [0.2, 0.25) is 0 Å². The van der Waals surface area contributed by atoms with Crippen LogP contribution in [0.5, 0.6) is 0 Å². The van der Waals surface area contributed by atoms with Gasteiger partial charge in [-0.25, -0.2) is 0 Å². The first-order valence-electron chi connectivity index (χ1n) is 4.53. The van der Waals surface area contributed by atoms with Crippen molar-refractivity contribution in [1.29, 1.82) is 0 Å². The fourth-order valence-corrected chi connectivity index (χ4v) is 2.11. The molecule has 1 saturated heterocycles. The summed E-state index contributed by atoms with van der Waals surface area (Å²) in [6.45, 7) is 3.21. The Labute approximate surface area is 68.3 Å². The quantitative estimate of drug-likeness (QED) is 0.649. The molecule has 2 rings (SSSR count). The standard InChI is InChI=1S/C9H17NO/c1-8(7-10-2)3-4-9(11-8)5-6-9/h10H,3-7H2,1-2H3. The molecule has 0 bridgehead atoms. The monoisotopic (exact) mass is 155 g/mol. The molecule has 2 aliphatic rings. The maximum Gasteiger partial charge on any atom is 0.0786 e. The van der Waals surface area contributed by atoms with E-state index in [4.69, 9.17) is 4.74 Å². The third kappa shape index (κ3) is 1.30. The first-order chi connectivity index (χ1) is 5.18. The molecule has 2 nitrogen and oxygen atoms in total. The second-order valence-corrected chi connectivity index (χ2v) is 4.27. The number of nitrogens with one attached hydrogen (secondary N) is 1. The van der Waals surface area contributed by atoms with Gasteiger partial charge in [-0.15, -0.1) is 0 Å². The Balaban J connectivity index is 1.96. The molecule has 1 heterocycles. The highest BCUT2D eigenvalue weighted by atomic mass is 16.5. The van der Waals surface area contributed by atoms with Gasteiger partial charge < -0.3 is 10.1 Å². The van der Waals surface area contributed by atoms with Gasteiger partial charge >= 0.3 is 0 Å². The summed E-state index contributed by atoms with van der Waals surface area (Å²) in [7, 11) is 1.99. The van der Waals surface area contributed by atoms with Crippen LogP contribution in [0.15, 0.2) is 0 Å². The van der Waals surface area contributed by atoms with E-state index in [0.717, 1.165) is 6.54 Å². The van der Waals surface area contributed by atoms with Crippen molar-refractivity contribution in [1.82, 2.24) is 5.32 Å². The Morgan fingerprint density at radius 2 is 1.91 bits per heavy atom. The molecule has 0 aromatic rings. The fourth-order valence-electron chi connectivity index (χ4n) is 2.11. The van der Waals surface area contributed by atoms with Crippen molar-refractivity contribution in [2.75, 3.05) is 13.6 Å². The minimum absolute atomic E-state index is 0.130. The van der Waals surface area contributed by atoms with Crippen LogP contribution in [0.25, 0.3) is 0 Å². The second-order valence-electron chi connectivity index (χ2n) is 4.27. The molecule has 11 heavy (non-hydrogen) atoms.